The van der Waals surface area contributed by atoms with E-state index in [9.17, 15) is 9.59 Å². The summed E-state index contributed by atoms with van der Waals surface area (Å²) in [4.78, 5) is 23.3. The van der Waals surface area contributed by atoms with E-state index in [1.54, 1.807) is 11.5 Å². The van der Waals surface area contributed by atoms with Crippen LogP contribution in [0.2, 0.25) is 0 Å². The summed E-state index contributed by atoms with van der Waals surface area (Å²) in [6.07, 6.45) is 1.31. The lowest BCUT2D eigenvalue weighted by molar-refractivity contribution is -0.117. The Bertz CT molecular complexity index is 389. The van der Waals surface area contributed by atoms with E-state index in [-0.39, 0.29) is 10.7 Å². The van der Waals surface area contributed by atoms with Crippen LogP contribution < -0.4 is 4.87 Å². The van der Waals surface area contributed by atoms with Gasteiger partial charge in [-0.05, 0) is 27.2 Å². The summed E-state index contributed by atoms with van der Waals surface area (Å²) in [6, 6.07) is 0. The SMILES string of the molecule is CC(=O)CCCn1c(C)c(C)sc1=O. The number of carbonyl (C=O) groups is 1. The number of carbonyl (C=O) groups excluding carboxylic acids is 1. The molecule has 0 unspecified atom stereocenters. The highest BCUT2D eigenvalue weighted by molar-refractivity contribution is 7.09. The Morgan fingerprint density at radius 3 is 2.50 bits per heavy atom. The van der Waals surface area contributed by atoms with Crippen LogP contribution in [0, 0.1) is 13.8 Å². The van der Waals surface area contributed by atoms with Crippen molar-refractivity contribution in [2.75, 3.05) is 0 Å². The molecule has 0 fully saturated rings. The maximum absolute atomic E-state index is 11.4. The average Bonchev–Trinajstić information content (AvgIpc) is 2.31. The van der Waals surface area contributed by atoms with Crippen LogP contribution in [-0.2, 0) is 11.3 Å². The van der Waals surface area contributed by atoms with Crippen LogP contribution in [-0.4, -0.2) is 10.4 Å². The van der Waals surface area contributed by atoms with Crippen molar-refractivity contribution < 1.29 is 4.79 Å². The molecule has 0 saturated heterocycles. The number of hydrogen-bond acceptors (Lipinski definition) is 3. The zero-order valence-electron chi connectivity index (χ0n) is 8.79. The van der Waals surface area contributed by atoms with Gasteiger partial charge in [0.05, 0.1) is 0 Å². The van der Waals surface area contributed by atoms with E-state index in [1.165, 1.54) is 11.3 Å². The van der Waals surface area contributed by atoms with E-state index < -0.39 is 0 Å². The van der Waals surface area contributed by atoms with Crippen molar-refractivity contribution in [3.05, 3.63) is 20.2 Å². The second kappa shape index (κ2) is 4.55. The van der Waals surface area contributed by atoms with Gasteiger partial charge in [0.15, 0.2) is 0 Å². The minimum atomic E-state index is 0.0866. The Hall–Kier alpha value is -0.900. The first kappa shape index (κ1) is 11.2. The smallest absolute Gasteiger partial charge is 0.303 e. The maximum atomic E-state index is 11.4. The summed E-state index contributed by atoms with van der Waals surface area (Å²) in [6.45, 7) is 6.13. The molecule has 0 amide bonds. The Kier molecular flexibility index (Phi) is 3.63. The third kappa shape index (κ3) is 2.54. The van der Waals surface area contributed by atoms with Gasteiger partial charge in [-0.1, -0.05) is 11.3 Å². The summed E-state index contributed by atoms with van der Waals surface area (Å²) in [5.41, 5.74) is 1.03. The molecular weight excluding hydrogens is 198 g/mol. The first-order valence-corrected chi connectivity index (χ1v) is 5.50. The highest BCUT2D eigenvalue weighted by Crippen LogP contribution is 2.10. The van der Waals surface area contributed by atoms with E-state index in [2.05, 4.69) is 0 Å². The lowest BCUT2D eigenvalue weighted by Crippen LogP contribution is -2.15. The van der Waals surface area contributed by atoms with Gasteiger partial charge in [-0.2, -0.15) is 0 Å². The quantitative estimate of drug-likeness (QED) is 0.766. The van der Waals surface area contributed by atoms with Gasteiger partial charge in [0.25, 0.3) is 0 Å². The molecule has 1 heterocycles. The largest absolute Gasteiger partial charge is 0.307 e. The number of Topliss-reactive ketones (excluding diaryl/α,β-unsaturated/α-hetero) is 1. The maximum Gasteiger partial charge on any atom is 0.307 e. The van der Waals surface area contributed by atoms with Crippen LogP contribution in [0.3, 0.4) is 0 Å². The zero-order valence-corrected chi connectivity index (χ0v) is 9.61. The molecule has 0 bridgehead atoms. The molecule has 0 aliphatic heterocycles. The molecule has 0 aliphatic carbocycles. The van der Waals surface area contributed by atoms with Gasteiger partial charge in [0.2, 0.25) is 0 Å². The summed E-state index contributed by atoms with van der Waals surface area (Å²) in [5, 5.41) is 0. The summed E-state index contributed by atoms with van der Waals surface area (Å²) in [5.74, 6) is 0.183. The molecule has 0 aromatic carbocycles. The Morgan fingerprint density at radius 1 is 1.43 bits per heavy atom. The second-order valence-electron chi connectivity index (χ2n) is 3.47. The lowest BCUT2D eigenvalue weighted by Gasteiger charge is -2.02. The van der Waals surface area contributed by atoms with E-state index in [4.69, 9.17) is 0 Å². The molecule has 0 saturated carbocycles. The third-order valence-electron chi connectivity index (χ3n) is 2.29. The van der Waals surface area contributed by atoms with Crippen LogP contribution in [0.25, 0.3) is 0 Å². The molecule has 0 atom stereocenters. The van der Waals surface area contributed by atoms with Gasteiger partial charge in [-0.25, -0.2) is 0 Å². The zero-order chi connectivity index (χ0) is 10.7. The summed E-state index contributed by atoms with van der Waals surface area (Å²) in [7, 11) is 0. The number of rotatable bonds is 4. The fraction of sp³-hybridized carbons (Fsp3) is 0.600. The first-order chi connectivity index (χ1) is 6.52. The summed E-state index contributed by atoms with van der Waals surface area (Å²) >= 11 is 1.28. The van der Waals surface area contributed by atoms with Crippen molar-refractivity contribution in [2.24, 2.45) is 0 Å². The molecule has 14 heavy (non-hydrogen) atoms. The van der Waals surface area contributed by atoms with Crippen LogP contribution >= 0.6 is 11.3 Å². The average molecular weight is 213 g/mol. The monoisotopic (exact) mass is 213 g/mol. The molecule has 1 aromatic rings. The van der Waals surface area contributed by atoms with E-state index in [0.29, 0.717) is 13.0 Å². The molecule has 0 spiro atoms. The topological polar surface area (TPSA) is 39.1 Å². The van der Waals surface area contributed by atoms with Gasteiger partial charge in [-0.3, -0.25) is 4.79 Å². The van der Waals surface area contributed by atoms with Crippen LogP contribution in [0.15, 0.2) is 4.79 Å². The first-order valence-electron chi connectivity index (χ1n) is 4.68. The van der Waals surface area contributed by atoms with Crippen LogP contribution in [0.1, 0.15) is 30.3 Å². The van der Waals surface area contributed by atoms with Crippen molar-refractivity contribution in [3.8, 4) is 0 Å². The molecule has 0 aliphatic rings. The fourth-order valence-corrected chi connectivity index (χ4v) is 2.19. The Balaban J connectivity index is 2.67. The van der Waals surface area contributed by atoms with Crippen LogP contribution in [0.5, 0.6) is 0 Å². The molecule has 3 nitrogen and oxygen atoms in total. The Labute approximate surface area is 87.4 Å². The lowest BCUT2D eigenvalue weighted by atomic mass is 10.2. The predicted molar refractivity (Wildman–Crippen MR) is 58.0 cm³/mol. The van der Waals surface area contributed by atoms with Crippen molar-refractivity contribution in [2.45, 2.75) is 40.2 Å². The molecule has 0 N–H and O–H groups in total. The normalized spacial score (nSPS) is 10.5. The van der Waals surface area contributed by atoms with Gasteiger partial charge in [0.1, 0.15) is 5.78 Å². The van der Waals surface area contributed by atoms with Crippen LogP contribution in [0.4, 0.5) is 0 Å². The van der Waals surface area contributed by atoms with Gasteiger partial charge >= 0.3 is 4.87 Å². The number of nitrogens with zero attached hydrogens (tertiary/aromatic N) is 1. The second-order valence-corrected chi connectivity index (χ2v) is 4.63. The minimum Gasteiger partial charge on any atom is -0.303 e. The standard InChI is InChI=1S/C10H15NO2S/c1-7(12)5-4-6-11-8(2)9(3)14-10(11)13/h4-6H2,1-3H3. The van der Waals surface area contributed by atoms with Crippen molar-refractivity contribution >= 4 is 17.1 Å². The van der Waals surface area contributed by atoms with E-state index in [0.717, 1.165) is 17.0 Å². The number of hydrogen-bond donors (Lipinski definition) is 0. The molecule has 1 aromatic heterocycles. The molecular formula is C10H15NO2S. The van der Waals surface area contributed by atoms with Gasteiger partial charge < -0.3 is 9.36 Å². The minimum absolute atomic E-state index is 0.0866. The van der Waals surface area contributed by atoms with Crippen molar-refractivity contribution in [1.29, 1.82) is 0 Å². The molecule has 0 radical (unpaired) electrons. The predicted octanol–water partition coefficient (Wildman–Crippen LogP) is 1.90. The van der Waals surface area contributed by atoms with E-state index >= 15 is 0 Å². The highest BCUT2D eigenvalue weighted by Gasteiger charge is 2.06. The highest BCUT2D eigenvalue weighted by atomic mass is 32.1. The number of ketones is 1. The van der Waals surface area contributed by atoms with Gasteiger partial charge in [-0.15, -0.1) is 0 Å². The van der Waals surface area contributed by atoms with Gasteiger partial charge in [0, 0.05) is 23.5 Å². The fourth-order valence-electron chi connectivity index (χ4n) is 1.33. The molecule has 1 rings (SSSR count). The van der Waals surface area contributed by atoms with E-state index in [1.807, 2.05) is 13.8 Å². The van der Waals surface area contributed by atoms with Crippen molar-refractivity contribution in [1.82, 2.24) is 4.57 Å². The third-order valence-corrected chi connectivity index (χ3v) is 3.28. The molecule has 78 valence electrons. The van der Waals surface area contributed by atoms with Crippen molar-refractivity contribution in [3.63, 3.8) is 0 Å². The molecule has 4 heteroatoms. The Morgan fingerprint density at radius 2 is 2.07 bits per heavy atom. The number of aromatic nitrogens is 1. The summed E-state index contributed by atoms with van der Waals surface area (Å²) < 4.78 is 1.75. The number of aryl methyl sites for hydroxylation is 1. The number of thiazole rings is 1.